The lowest BCUT2D eigenvalue weighted by Gasteiger charge is -2.10. The topological polar surface area (TPSA) is 80.8 Å². The Morgan fingerprint density at radius 2 is 2.04 bits per heavy atom. The Labute approximate surface area is 157 Å². The Bertz CT molecular complexity index is 746. The first-order valence-electron chi connectivity index (χ1n) is 8.10. The van der Waals surface area contributed by atoms with Gasteiger partial charge in [0, 0.05) is 18.4 Å². The van der Waals surface area contributed by atoms with Gasteiger partial charge in [-0.25, -0.2) is 0 Å². The monoisotopic (exact) mass is 377 g/mol. The number of nitrogens with one attached hydrogen (secondary N) is 1. The minimum absolute atomic E-state index is 0.0869. The Morgan fingerprint density at radius 3 is 2.77 bits per heavy atom. The molecule has 0 saturated carbocycles. The first-order valence-corrected chi connectivity index (χ1v) is 9.25. The van der Waals surface area contributed by atoms with Crippen LogP contribution in [-0.2, 0) is 12.3 Å². The Balaban J connectivity index is 1.68. The van der Waals surface area contributed by atoms with Crippen molar-refractivity contribution >= 4 is 17.4 Å². The fraction of sp³-hybridized carbons (Fsp3) is 0.333. The maximum atomic E-state index is 11.0. The summed E-state index contributed by atoms with van der Waals surface area (Å²) < 4.78 is 11.2. The lowest BCUT2D eigenvalue weighted by atomic mass is 10.3. The number of rotatable bonds is 11. The van der Waals surface area contributed by atoms with Gasteiger partial charge in [-0.2, -0.15) is 11.8 Å². The van der Waals surface area contributed by atoms with Crippen LogP contribution in [0.5, 0.6) is 5.75 Å². The van der Waals surface area contributed by atoms with Gasteiger partial charge in [-0.15, -0.1) is 0 Å². The van der Waals surface area contributed by atoms with Crippen molar-refractivity contribution in [2.24, 2.45) is 0 Å². The number of para-hydroxylation sites is 2. The number of nitrogens with zero attached hydrogens (tertiary/aromatic N) is 2. The summed E-state index contributed by atoms with van der Waals surface area (Å²) in [5.74, 6) is 3.96. The standard InChI is InChI=1S/C18H23N3O4S/c1-14(24-18-7-5-4-6-17(18)21(22)23)19-10-11-26-13-16-9-8-15(25-16)12-20(2)3/h4-9,19H,1,10-13H2,2-3H3. The van der Waals surface area contributed by atoms with Crippen LogP contribution in [0.25, 0.3) is 0 Å². The zero-order chi connectivity index (χ0) is 18.9. The number of benzene rings is 1. The molecule has 0 radical (unpaired) electrons. The van der Waals surface area contributed by atoms with Gasteiger partial charge in [0.15, 0.2) is 5.88 Å². The molecule has 8 heteroatoms. The average Bonchev–Trinajstić information content (AvgIpc) is 3.01. The molecule has 0 aliphatic rings. The van der Waals surface area contributed by atoms with Crippen LogP contribution in [0, 0.1) is 10.1 Å². The smallest absolute Gasteiger partial charge is 0.311 e. The Kier molecular flexibility index (Phi) is 7.55. The van der Waals surface area contributed by atoms with Crippen molar-refractivity contribution in [1.29, 1.82) is 0 Å². The van der Waals surface area contributed by atoms with Gasteiger partial charge >= 0.3 is 5.69 Å². The quantitative estimate of drug-likeness (QED) is 0.277. The molecule has 0 spiro atoms. The van der Waals surface area contributed by atoms with Gasteiger partial charge in [0.05, 0.1) is 17.2 Å². The highest BCUT2D eigenvalue weighted by molar-refractivity contribution is 7.98. The molecule has 140 valence electrons. The molecule has 0 aliphatic carbocycles. The zero-order valence-electron chi connectivity index (χ0n) is 14.9. The second-order valence-electron chi connectivity index (χ2n) is 5.84. The molecule has 0 atom stereocenters. The third-order valence-electron chi connectivity index (χ3n) is 3.30. The highest BCUT2D eigenvalue weighted by Crippen LogP contribution is 2.26. The van der Waals surface area contributed by atoms with E-state index in [1.165, 1.54) is 6.07 Å². The van der Waals surface area contributed by atoms with Crippen LogP contribution >= 0.6 is 11.8 Å². The van der Waals surface area contributed by atoms with Gasteiger partial charge in [0.1, 0.15) is 11.5 Å². The van der Waals surface area contributed by atoms with E-state index in [4.69, 9.17) is 9.15 Å². The van der Waals surface area contributed by atoms with Crippen LogP contribution in [0.3, 0.4) is 0 Å². The summed E-state index contributed by atoms with van der Waals surface area (Å²) in [7, 11) is 4.00. The van der Waals surface area contributed by atoms with Crippen molar-refractivity contribution in [3.8, 4) is 5.75 Å². The molecular formula is C18H23N3O4S. The number of thioether (sulfide) groups is 1. The first kappa shape index (κ1) is 19.9. The molecule has 0 saturated heterocycles. The molecule has 1 N–H and O–H groups in total. The minimum atomic E-state index is -0.480. The van der Waals surface area contributed by atoms with E-state index >= 15 is 0 Å². The molecular weight excluding hydrogens is 354 g/mol. The van der Waals surface area contributed by atoms with Crippen molar-refractivity contribution in [3.05, 3.63) is 70.5 Å². The number of ether oxygens (including phenoxy) is 1. The van der Waals surface area contributed by atoms with E-state index in [0.29, 0.717) is 6.54 Å². The second-order valence-corrected chi connectivity index (χ2v) is 6.94. The summed E-state index contributed by atoms with van der Waals surface area (Å²) in [6.07, 6.45) is 0. The number of furan rings is 1. The molecule has 1 aromatic heterocycles. The molecule has 2 rings (SSSR count). The van der Waals surface area contributed by atoms with Gasteiger partial charge in [-0.3, -0.25) is 10.1 Å². The molecule has 0 bridgehead atoms. The van der Waals surface area contributed by atoms with Gasteiger partial charge in [0.2, 0.25) is 5.75 Å². The molecule has 2 aromatic rings. The van der Waals surface area contributed by atoms with Crippen LogP contribution in [0.15, 0.2) is 53.3 Å². The average molecular weight is 377 g/mol. The van der Waals surface area contributed by atoms with Crippen molar-refractivity contribution in [2.75, 3.05) is 26.4 Å². The van der Waals surface area contributed by atoms with E-state index in [-0.39, 0.29) is 17.3 Å². The van der Waals surface area contributed by atoms with E-state index < -0.39 is 4.92 Å². The largest absolute Gasteiger partial charge is 0.464 e. The number of nitro benzene ring substituents is 1. The van der Waals surface area contributed by atoms with Crippen LogP contribution in [0.2, 0.25) is 0 Å². The zero-order valence-corrected chi connectivity index (χ0v) is 15.8. The predicted molar refractivity (Wildman–Crippen MR) is 103 cm³/mol. The normalized spacial score (nSPS) is 10.7. The van der Waals surface area contributed by atoms with E-state index in [1.54, 1.807) is 30.0 Å². The Hall–Kier alpha value is -2.45. The summed E-state index contributed by atoms with van der Waals surface area (Å²) >= 11 is 1.72. The lowest BCUT2D eigenvalue weighted by molar-refractivity contribution is -0.385. The molecule has 1 aromatic carbocycles. The van der Waals surface area contributed by atoms with Crippen molar-refractivity contribution < 1.29 is 14.1 Å². The fourth-order valence-electron chi connectivity index (χ4n) is 2.20. The molecule has 7 nitrogen and oxygen atoms in total. The molecule has 0 unspecified atom stereocenters. The molecule has 0 aliphatic heterocycles. The molecule has 26 heavy (non-hydrogen) atoms. The highest BCUT2D eigenvalue weighted by atomic mass is 32.2. The molecule has 0 amide bonds. The van der Waals surface area contributed by atoms with Crippen LogP contribution in [0.1, 0.15) is 11.5 Å². The number of hydrogen-bond donors (Lipinski definition) is 1. The van der Waals surface area contributed by atoms with Gasteiger partial charge in [-0.1, -0.05) is 12.1 Å². The number of hydrogen-bond acceptors (Lipinski definition) is 7. The van der Waals surface area contributed by atoms with Crippen molar-refractivity contribution in [2.45, 2.75) is 12.3 Å². The summed E-state index contributed by atoms with van der Waals surface area (Å²) in [5.41, 5.74) is -0.0869. The minimum Gasteiger partial charge on any atom is -0.464 e. The van der Waals surface area contributed by atoms with Crippen molar-refractivity contribution in [1.82, 2.24) is 10.2 Å². The molecule has 0 fully saturated rings. The first-order chi connectivity index (χ1) is 12.5. The third kappa shape index (κ3) is 6.45. The maximum absolute atomic E-state index is 11.0. The van der Waals surface area contributed by atoms with Crippen LogP contribution in [-0.4, -0.2) is 36.2 Å². The SMILES string of the molecule is C=C(NCCSCc1ccc(CN(C)C)o1)Oc1ccccc1[N+](=O)[O-]. The highest BCUT2D eigenvalue weighted by Gasteiger charge is 2.14. The summed E-state index contributed by atoms with van der Waals surface area (Å²) in [5, 5.41) is 14.0. The maximum Gasteiger partial charge on any atom is 0.311 e. The Morgan fingerprint density at radius 1 is 1.31 bits per heavy atom. The summed E-state index contributed by atoms with van der Waals surface area (Å²) in [4.78, 5) is 12.5. The fourth-order valence-corrected chi connectivity index (χ4v) is 2.94. The van der Waals surface area contributed by atoms with Crippen molar-refractivity contribution in [3.63, 3.8) is 0 Å². The van der Waals surface area contributed by atoms with E-state index in [1.807, 2.05) is 26.2 Å². The second kappa shape index (κ2) is 9.88. The van der Waals surface area contributed by atoms with E-state index in [0.717, 1.165) is 29.6 Å². The van der Waals surface area contributed by atoms with Crippen LogP contribution < -0.4 is 10.1 Å². The number of nitro groups is 1. The van der Waals surface area contributed by atoms with Gasteiger partial charge in [-0.05, 0) is 38.9 Å². The summed E-state index contributed by atoms with van der Waals surface area (Å²) in [6.45, 7) is 5.17. The van der Waals surface area contributed by atoms with E-state index in [2.05, 4.69) is 16.8 Å². The third-order valence-corrected chi connectivity index (χ3v) is 4.28. The van der Waals surface area contributed by atoms with E-state index in [9.17, 15) is 10.1 Å². The van der Waals surface area contributed by atoms with Crippen LogP contribution in [0.4, 0.5) is 5.69 Å². The lowest BCUT2D eigenvalue weighted by Crippen LogP contribution is -2.20. The van der Waals surface area contributed by atoms with Gasteiger partial charge < -0.3 is 19.4 Å². The summed E-state index contributed by atoms with van der Waals surface area (Å²) in [6, 6.07) is 10.2. The van der Waals surface area contributed by atoms with Gasteiger partial charge in [0.25, 0.3) is 0 Å². The predicted octanol–water partition coefficient (Wildman–Crippen LogP) is 3.62. The molecule has 1 heterocycles.